The van der Waals surface area contributed by atoms with Crippen molar-refractivity contribution in [3.63, 3.8) is 0 Å². The third-order valence-electron chi connectivity index (χ3n) is 0.220. The van der Waals surface area contributed by atoms with Gasteiger partial charge >= 0.3 is 0 Å². The van der Waals surface area contributed by atoms with Crippen molar-refractivity contribution in [1.29, 1.82) is 0 Å². The van der Waals surface area contributed by atoms with Gasteiger partial charge in [-0.25, -0.2) is 0 Å². The largest absolute Gasteiger partial charge is 0.330 e. The lowest BCUT2D eigenvalue weighted by Gasteiger charge is -1.81. The van der Waals surface area contributed by atoms with Crippen LogP contribution in [-0.4, -0.2) is 5.21 Å². The quantitative estimate of drug-likeness (QED) is 0.342. The zero-order chi connectivity index (χ0) is 5.54. The van der Waals surface area contributed by atoms with Gasteiger partial charge in [-0.3, -0.25) is 5.21 Å². The molecular formula is C4H3NO2. The number of hydrogen-bond donors (Lipinski definition) is 2. The van der Waals surface area contributed by atoms with Crippen molar-refractivity contribution in [2.45, 2.75) is 0 Å². The van der Waals surface area contributed by atoms with E-state index in [1.807, 2.05) is 12.0 Å². The number of hydrogen-bond acceptors (Lipinski definition) is 3. The summed E-state index contributed by atoms with van der Waals surface area (Å²) < 4.78 is 0. The Labute approximate surface area is 41.2 Å². The van der Waals surface area contributed by atoms with Crippen molar-refractivity contribution >= 4 is 0 Å². The molecule has 3 nitrogen and oxygen atoms in total. The first kappa shape index (κ1) is 5.84. The molecule has 0 fully saturated rings. The number of nitrogens with one attached hydrogen (secondary N) is 1. The summed E-state index contributed by atoms with van der Waals surface area (Å²) in [6, 6.07) is 0. The highest BCUT2D eigenvalue weighted by Gasteiger charge is 1.58. The van der Waals surface area contributed by atoms with Crippen molar-refractivity contribution in [1.82, 2.24) is 5.64 Å². The van der Waals surface area contributed by atoms with Crippen LogP contribution in [0.2, 0.25) is 0 Å². The van der Waals surface area contributed by atoms with E-state index in [0.29, 0.717) is 0 Å². The fraction of sp³-hybridized carbons (Fsp3) is 0. The molecule has 3 heteroatoms. The third kappa shape index (κ3) is 4.84. The molecule has 0 bridgehead atoms. The van der Waals surface area contributed by atoms with Gasteiger partial charge in [0.1, 0.15) is 0 Å². The number of terminal acetylenes is 1. The molecule has 0 atom stereocenters. The second kappa shape index (κ2) is 4.84. The lowest BCUT2D eigenvalue weighted by atomic mass is 10.7. The van der Waals surface area contributed by atoms with Crippen molar-refractivity contribution < 1.29 is 10.0 Å². The highest BCUT2D eigenvalue weighted by molar-refractivity contribution is 5.18. The zero-order valence-corrected chi connectivity index (χ0v) is 3.43. The summed E-state index contributed by atoms with van der Waals surface area (Å²) in [5.41, 5.74) is 1.33. The van der Waals surface area contributed by atoms with Crippen LogP contribution in [0.1, 0.15) is 0 Å². The Hall–Kier alpha value is -1.16. The van der Waals surface area contributed by atoms with Crippen LogP contribution in [0, 0.1) is 24.4 Å². The lowest BCUT2D eigenvalue weighted by molar-refractivity contribution is -0.0669. The summed E-state index contributed by atoms with van der Waals surface area (Å²) in [5, 5.41) is 7.65. The molecule has 0 amide bonds. The molecule has 7 heavy (non-hydrogen) atoms. The normalized spacial score (nSPS) is 5.14. The maximum Gasteiger partial charge on any atom is 0.155 e. The molecular weight excluding hydrogens is 94.0 g/mol. The Morgan fingerprint density at radius 3 is 2.86 bits per heavy atom. The van der Waals surface area contributed by atoms with E-state index < -0.39 is 0 Å². The standard InChI is InChI=1S/C4H3NO2/c1-2-3-4-7-5-6/h1,5-6H. The minimum Gasteiger partial charge on any atom is -0.330 e. The van der Waals surface area contributed by atoms with Gasteiger partial charge in [-0.05, 0) is 11.6 Å². The maximum atomic E-state index is 7.65. The van der Waals surface area contributed by atoms with E-state index in [-0.39, 0.29) is 0 Å². The molecule has 0 saturated heterocycles. The maximum absolute atomic E-state index is 7.65. The molecule has 0 spiro atoms. The fourth-order valence-corrected chi connectivity index (χ4v) is 0.0778. The topological polar surface area (TPSA) is 41.5 Å². The molecule has 0 aromatic heterocycles. The molecule has 0 saturated carbocycles. The molecule has 0 unspecified atom stereocenters. The van der Waals surface area contributed by atoms with Crippen LogP contribution in [0.15, 0.2) is 0 Å². The molecule has 0 aromatic carbocycles. The molecule has 0 aromatic rings. The van der Waals surface area contributed by atoms with E-state index in [9.17, 15) is 0 Å². The molecule has 2 N–H and O–H groups in total. The summed E-state index contributed by atoms with van der Waals surface area (Å²) >= 11 is 0. The summed E-state index contributed by atoms with van der Waals surface area (Å²) in [4.78, 5) is 3.88. The Bertz CT molecular complexity index is 125. The van der Waals surface area contributed by atoms with Gasteiger partial charge in [-0.2, -0.15) is 0 Å². The first-order valence-electron chi connectivity index (χ1n) is 1.42. The predicted molar refractivity (Wildman–Crippen MR) is 22.6 cm³/mol. The Morgan fingerprint density at radius 2 is 2.43 bits per heavy atom. The van der Waals surface area contributed by atoms with E-state index in [1.165, 1.54) is 5.64 Å². The van der Waals surface area contributed by atoms with Crippen molar-refractivity contribution in [2.24, 2.45) is 0 Å². The Morgan fingerprint density at radius 1 is 1.71 bits per heavy atom. The van der Waals surface area contributed by atoms with E-state index in [1.54, 1.807) is 0 Å². The average molecular weight is 97.1 g/mol. The SMILES string of the molecule is C#CC#CONO. The van der Waals surface area contributed by atoms with Gasteiger partial charge in [-0.1, -0.05) is 0 Å². The van der Waals surface area contributed by atoms with Crippen molar-refractivity contribution in [2.75, 3.05) is 0 Å². The Kier molecular flexibility index (Phi) is 4.04. The molecule has 36 valence electrons. The van der Waals surface area contributed by atoms with Gasteiger partial charge in [-0.15, -0.1) is 6.42 Å². The van der Waals surface area contributed by atoms with Crippen LogP contribution in [0.3, 0.4) is 0 Å². The molecule has 0 rings (SSSR count). The molecule has 0 heterocycles. The van der Waals surface area contributed by atoms with E-state index in [2.05, 4.69) is 17.2 Å². The van der Waals surface area contributed by atoms with Crippen LogP contribution < -0.4 is 5.64 Å². The minimum atomic E-state index is 1.33. The molecule has 0 aliphatic carbocycles. The van der Waals surface area contributed by atoms with Crippen molar-refractivity contribution in [3.05, 3.63) is 0 Å². The minimum absolute atomic E-state index is 1.33. The molecule has 0 radical (unpaired) electrons. The van der Waals surface area contributed by atoms with Crippen LogP contribution >= 0.6 is 0 Å². The summed E-state index contributed by atoms with van der Waals surface area (Å²) in [6.45, 7) is 0. The third-order valence-corrected chi connectivity index (χ3v) is 0.220. The van der Waals surface area contributed by atoms with E-state index >= 15 is 0 Å². The lowest BCUT2D eigenvalue weighted by Crippen LogP contribution is -2.01. The summed E-state index contributed by atoms with van der Waals surface area (Å²) in [7, 11) is 0. The van der Waals surface area contributed by atoms with Gasteiger partial charge in [0.25, 0.3) is 0 Å². The fourth-order valence-electron chi connectivity index (χ4n) is 0.0778. The molecule has 0 aliphatic heterocycles. The van der Waals surface area contributed by atoms with Crippen LogP contribution in [0.4, 0.5) is 0 Å². The zero-order valence-electron chi connectivity index (χ0n) is 3.43. The molecule has 0 aliphatic rings. The first-order valence-corrected chi connectivity index (χ1v) is 1.42. The second-order valence-electron chi connectivity index (χ2n) is 0.565. The monoisotopic (exact) mass is 97.0 g/mol. The van der Waals surface area contributed by atoms with E-state index in [4.69, 9.17) is 5.21 Å². The van der Waals surface area contributed by atoms with Gasteiger partial charge in [0.15, 0.2) is 6.11 Å². The van der Waals surface area contributed by atoms with E-state index in [0.717, 1.165) is 0 Å². The number of rotatable bonds is 1. The van der Waals surface area contributed by atoms with Gasteiger partial charge in [0.2, 0.25) is 0 Å². The van der Waals surface area contributed by atoms with Crippen molar-refractivity contribution in [3.8, 4) is 24.4 Å². The average Bonchev–Trinajstić information content (AvgIpc) is 1.69. The van der Waals surface area contributed by atoms with Crippen LogP contribution in [0.5, 0.6) is 0 Å². The highest BCUT2D eigenvalue weighted by Crippen LogP contribution is 1.51. The van der Waals surface area contributed by atoms with Crippen LogP contribution in [0.25, 0.3) is 0 Å². The van der Waals surface area contributed by atoms with Gasteiger partial charge in [0, 0.05) is 5.92 Å². The summed E-state index contributed by atoms with van der Waals surface area (Å²) in [6.07, 6.45) is 6.59. The van der Waals surface area contributed by atoms with Gasteiger partial charge < -0.3 is 4.84 Å². The van der Waals surface area contributed by atoms with Crippen LogP contribution in [-0.2, 0) is 4.84 Å². The Balaban J connectivity index is 3.13. The first-order chi connectivity index (χ1) is 3.41. The summed E-state index contributed by atoms with van der Waals surface area (Å²) in [5.74, 6) is 4.05. The van der Waals surface area contributed by atoms with Gasteiger partial charge in [0.05, 0.1) is 0 Å². The smallest absolute Gasteiger partial charge is 0.155 e. The predicted octanol–water partition coefficient (Wildman–Crippen LogP) is -0.509. The highest BCUT2D eigenvalue weighted by atomic mass is 16.8. The second-order valence-corrected chi connectivity index (χ2v) is 0.565.